The van der Waals surface area contributed by atoms with Crippen molar-refractivity contribution >= 4 is 11.7 Å². The molecule has 1 aromatic heterocycles. The van der Waals surface area contributed by atoms with Crippen LogP contribution in [0.25, 0.3) is 0 Å². The standard InChI is InChI=1S/C16H23N3O2/c1-2-8-17-15-12(4-3-9-18-15)16(20)19-13-7-10-21-14(13)11-5-6-11/h3-4,9,11,13-14H,2,5-8,10H2,1H3,(H,17,18)(H,19,20). The summed E-state index contributed by atoms with van der Waals surface area (Å²) in [5, 5.41) is 6.35. The number of rotatable bonds is 6. The van der Waals surface area contributed by atoms with Crippen molar-refractivity contribution < 1.29 is 9.53 Å². The van der Waals surface area contributed by atoms with Crippen LogP contribution in [0, 0.1) is 5.92 Å². The molecule has 0 spiro atoms. The summed E-state index contributed by atoms with van der Waals surface area (Å²) in [4.78, 5) is 16.8. The zero-order valence-corrected chi connectivity index (χ0v) is 12.5. The molecule has 0 bridgehead atoms. The van der Waals surface area contributed by atoms with Crippen molar-refractivity contribution in [2.45, 2.75) is 44.8 Å². The van der Waals surface area contributed by atoms with Gasteiger partial charge in [0.05, 0.1) is 17.7 Å². The van der Waals surface area contributed by atoms with Gasteiger partial charge in [-0.25, -0.2) is 4.98 Å². The van der Waals surface area contributed by atoms with Gasteiger partial charge in [0.2, 0.25) is 0 Å². The summed E-state index contributed by atoms with van der Waals surface area (Å²) < 4.78 is 5.78. The fourth-order valence-electron chi connectivity index (χ4n) is 2.87. The van der Waals surface area contributed by atoms with Crippen LogP contribution >= 0.6 is 0 Å². The van der Waals surface area contributed by atoms with Gasteiger partial charge in [-0.1, -0.05) is 6.92 Å². The third-order valence-electron chi connectivity index (χ3n) is 4.13. The molecule has 114 valence electrons. The number of carbonyl (C=O) groups excluding carboxylic acids is 1. The number of amides is 1. The first-order valence-electron chi connectivity index (χ1n) is 7.91. The van der Waals surface area contributed by atoms with Crippen LogP contribution in [0.5, 0.6) is 0 Å². The van der Waals surface area contributed by atoms with E-state index < -0.39 is 0 Å². The molecule has 1 aliphatic carbocycles. The van der Waals surface area contributed by atoms with Gasteiger partial charge in [0.15, 0.2) is 0 Å². The van der Waals surface area contributed by atoms with Gasteiger partial charge in [0.25, 0.3) is 5.91 Å². The monoisotopic (exact) mass is 289 g/mol. The summed E-state index contributed by atoms with van der Waals surface area (Å²) in [5.41, 5.74) is 0.618. The van der Waals surface area contributed by atoms with E-state index in [-0.39, 0.29) is 18.1 Å². The molecule has 2 unspecified atom stereocenters. The molecular weight excluding hydrogens is 266 g/mol. The van der Waals surface area contributed by atoms with Crippen molar-refractivity contribution in [2.75, 3.05) is 18.5 Å². The molecule has 5 heteroatoms. The predicted molar refractivity (Wildman–Crippen MR) is 81.4 cm³/mol. The molecule has 1 aliphatic heterocycles. The maximum Gasteiger partial charge on any atom is 0.255 e. The van der Waals surface area contributed by atoms with E-state index in [1.165, 1.54) is 12.8 Å². The van der Waals surface area contributed by atoms with Crippen molar-refractivity contribution in [3.8, 4) is 0 Å². The average Bonchev–Trinajstić information content (AvgIpc) is 3.25. The molecule has 21 heavy (non-hydrogen) atoms. The van der Waals surface area contributed by atoms with E-state index in [1.807, 2.05) is 6.07 Å². The highest BCUT2D eigenvalue weighted by atomic mass is 16.5. The van der Waals surface area contributed by atoms with Gasteiger partial charge in [-0.2, -0.15) is 0 Å². The highest BCUT2D eigenvalue weighted by molar-refractivity contribution is 5.98. The number of ether oxygens (including phenoxy) is 1. The average molecular weight is 289 g/mol. The van der Waals surface area contributed by atoms with E-state index >= 15 is 0 Å². The number of nitrogens with zero attached hydrogens (tertiary/aromatic N) is 1. The lowest BCUT2D eigenvalue weighted by molar-refractivity contribution is 0.0730. The molecule has 2 atom stereocenters. The molecular formula is C16H23N3O2. The Kier molecular flexibility index (Phi) is 4.39. The van der Waals surface area contributed by atoms with Crippen LogP contribution in [0.1, 0.15) is 43.0 Å². The third-order valence-corrected chi connectivity index (χ3v) is 4.13. The molecule has 2 fully saturated rings. The molecule has 0 radical (unpaired) electrons. The van der Waals surface area contributed by atoms with Gasteiger partial charge in [0.1, 0.15) is 5.82 Å². The highest BCUT2D eigenvalue weighted by Gasteiger charge is 2.41. The van der Waals surface area contributed by atoms with Crippen molar-refractivity contribution in [3.05, 3.63) is 23.9 Å². The summed E-state index contributed by atoms with van der Waals surface area (Å²) in [7, 11) is 0. The van der Waals surface area contributed by atoms with Gasteiger partial charge in [-0.05, 0) is 43.7 Å². The quantitative estimate of drug-likeness (QED) is 0.842. The summed E-state index contributed by atoms with van der Waals surface area (Å²) in [6, 6.07) is 3.77. The molecule has 1 amide bonds. The van der Waals surface area contributed by atoms with E-state index in [9.17, 15) is 4.79 Å². The van der Waals surface area contributed by atoms with E-state index in [1.54, 1.807) is 12.3 Å². The molecule has 0 aromatic carbocycles. The number of carbonyl (C=O) groups is 1. The van der Waals surface area contributed by atoms with Gasteiger partial charge < -0.3 is 15.4 Å². The van der Waals surface area contributed by atoms with Gasteiger partial charge in [-0.15, -0.1) is 0 Å². The Labute approximate surface area is 125 Å². The normalized spacial score (nSPS) is 24.8. The van der Waals surface area contributed by atoms with Gasteiger partial charge >= 0.3 is 0 Å². The van der Waals surface area contributed by atoms with Gasteiger partial charge in [0, 0.05) is 19.3 Å². The smallest absolute Gasteiger partial charge is 0.255 e. The van der Waals surface area contributed by atoms with Crippen LogP contribution in [-0.4, -0.2) is 36.2 Å². The molecule has 1 aromatic rings. The minimum Gasteiger partial charge on any atom is -0.376 e. The molecule has 1 saturated heterocycles. The van der Waals surface area contributed by atoms with Crippen LogP contribution < -0.4 is 10.6 Å². The van der Waals surface area contributed by atoms with Crippen LogP contribution in [-0.2, 0) is 4.74 Å². The second kappa shape index (κ2) is 6.43. The second-order valence-electron chi connectivity index (χ2n) is 5.87. The number of nitrogens with one attached hydrogen (secondary N) is 2. The number of hydrogen-bond donors (Lipinski definition) is 2. The minimum atomic E-state index is -0.0529. The van der Waals surface area contributed by atoms with Crippen LogP contribution in [0.15, 0.2) is 18.3 Å². The first-order chi connectivity index (χ1) is 10.3. The first-order valence-corrected chi connectivity index (χ1v) is 7.91. The second-order valence-corrected chi connectivity index (χ2v) is 5.87. The molecule has 2 N–H and O–H groups in total. The Bertz CT molecular complexity index is 502. The summed E-state index contributed by atoms with van der Waals surface area (Å²) in [6.07, 6.45) is 6.28. The van der Waals surface area contributed by atoms with Crippen molar-refractivity contribution in [1.29, 1.82) is 0 Å². The molecule has 2 aliphatic rings. The number of anilines is 1. The Morgan fingerprint density at radius 1 is 1.43 bits per heavy atom. The number of aromatic nitrogens is 1. The topological polar surface area (TPSA) is 63.2 Å². The first kappa shape index (κ1) is 14.3. The van der Waals surface area contributed by atoms with Crippen molar-refractivity contribution in [3.63, 3.8) is 0 Å². The Balaban J connectivity index is 1.67. The van der Waals surface area contributed by atoms with Crippen LogP contribution in [0.4, 0.5) is 5.82 Å². The summed E-state index contributed by atoms with van der Waals surface area (Å²) >= 11 is 0. The molecule has 1 saturated carbocycles. The van der Waals surface area contributed by atoms with Crippen molar-refractivity contribution in [1.82, 2.24) is 10.3 Å². The van der Waals surface area contributed by atoms with Crippen LogP contribution in [0.2, 0.25) is 0 Å². The number of pyridine rings is 1. The van der Waals surface area contributed by atoms with E-state index in [0.29, 0.717) is 17.3 Å². The lowest BCUT2D eigenvalue weighted by Crippen LogP contribution is -2.41. The SMILES string of the molecule is CCCNc1ncccc1C(=O)NC1CCOC1C1CC1. The Hall–Kier alpha value is -1.62. The maximum absolute atomic E-state index is 12.5. The lowest BCUT2D eigenvalue weighted by Gasteiger charge is -2.20. The zero-order valence-electron chi connectivity index (χ0n) is 12.5. The molecule has 3 rings (SSSR count). The van der Waals surface area contributed by atoms with E-state index in [2.05, 4.69) is 22.5 Å². The Morgan fingerprint density at radius 2 is 2.29 bits per heavy atom. The predicted octanol–water partition coefficient (Wildman–Crippen LogP) is 2.20. The minimum absolute atomic E-state index is 0.0529. The Morgan fingerprint density at radius 3 is 3.05 bits per heavy atom. The summed E-state index contributed by atoms with van der Waals surface area (Å²) in [6.45, 7) is 3.65. The fraction of sp³-hybridized carbons (Fsp3) is 0.625. The zero-order chi connectivity index (χ0) is 14.7. The molecule has 2 heterocycles. The largest absolute Gasteiger partial charge is 0.376 e. The van der Waals surface area contributed by atoms with Gasteiger partial charge in [-0.3, -0.25) is 4.79 Å². The lowest BCUT2D eigenvalue weighted by atomic mass is 10.1. The third kappa shape index (κ3) is 3.35. The van der Waals surface area contributed by atoms with E-state index in [0.717, 1.165) is 26.0 Å². The van der Waals surface area contributed by atoms with E-state index in [4.69, 9.17) is 4.74 Å². The van der Waals surface area contributed by atoms with Crippen molar-refractivity contribution in [2.24, 2.45) is 5.92 Å². The highest BCUT2D eigenvalue weighted by Crippen LogP contribution is 2.38. The summed E-state index contributed by atoms with van der Waals surface area (Å²) in [5.74, 6) is 1.26. The number of hydrogen-bond acceptors (Lipinski definition) is 4. The van der Waals surface area contributed by atoms with Crippen LogP contribution in [0.3, 0.4) is 0 Å². The fourth-order valence-corrected chi connectivity index (χ4v) is 2.87. The molecule has 5 nitrogen and oxygen atoms in total. The maximum atomic E-state index is 12.5.